The third kappa shape index (κ3) is 5.80. The highest BCUT2D eigenvalue weighted by Crippen LogP contribution is 2.27. The van der Waals surface area contributed by atoms with E-state index in [0.717, 1.165) is 0 Å². The summed E-state index contributed by atoms with van der Waals surface area (Å²) in [6.07, 6.45) is 0. The van der Waals surface area contributed by atoms with Crippen LogP contribution >= 0.6 is 0 Å². The number of amides is 2. The molecule has 0 aliphatic rings. The number of nitrogens with zero attached hydrogens (tertiary/aromatic N) is 1. The fraction of sp³-hybridized carbons (Fsp3) is 0.333. The summed E-state index contributed by atoms with van der Waals surface area (Å²) in [5.41, 5.74) is 0.365. The van der Waals surface area contributed by atoms with Crippen LogP contribution < -0.4 is 14.8 Å². The van der Waals surface area contributed by atoms with Gasteiger partial charge in [0, 0.05) is 30.8 Å². The largest absolute Gasteiger partial charge is 0.495 e. The van der Waals surface area contributed by atoms with Crippen molar-refractivity contribution in [3.63, 3.8) is 0 Å². The summed E-state index contributed by atoms with van der Waals surface area (Å²) >= 11 is 0. The van der Waals surface area contributed by atoms with Crippen molar-refractivity contribution in [1.82, 2.24) is 9.62 Å². The number of methoxy groups -OCH3 is 1. The summed E-state index contributed by atoms with van der Waals surface area (Å²) < 4.78 is 32.6. The molecule has 9 heteroatoms. The Kier molecular flexibility index (Phi) is 6.89. The van der Waals surface area contributed by atoms with E-state index in [4.69, 9.17) is 4.74 Å². The van der Waals surface area contributed by atoms with Crippen LogP contribution in [-0.4, -0.2) is 51.9 Å². The van der Waals surface area contributed by atoms with Crippen LogP contribution in [0.5, 0.6) is 5.75 Å². The highest BCUT2D eigenvalue weighted by molar-refractivity contribution is 7.89. The van der Waals surface area contributed by atoms with Gasteiger partial charge in [-0.3, -0.25) is 9.59 Å². The maximum Gasteiger partial charge on any atom is 0.255 e. The van der Waals surface area contributed by atoms with Crippen LogP contribution in [0, 0.1) is 0 Å². The van der Waals surface area contributed by atoms with E-state index >= 15 is 0 Å². The Labute approximate surface area is 177 Å². The molecular formula is C21H27N3O5S. The summed E-state index contributed by atoms with van der Waals surface area (Å²) in [6, 6.07) is 10.3. The Bertz CT molecular complexity index is 1040. The molecule has 0 radical (unpaired) electrons. The van der Waals surface area contributed by atoms with Gasteiger partial charge in [-0.25, -0.2) is 13.1 Å². The average Bonchev–Trinajstić information content (AvgIpc) is 2.65. The fourth-order valence-corrected chi connectivity index (χ4v) is 4.06. The van der Waals surface area contributed by atoms with Gasteiger partial charge in [-0.15, -0.1) is 0 Å². The summed E-state index contributed by atoms with van der Waals surface area (Å²) in [5, 5.41) is 2.71. The molecule has 8 nitrogen and oxygen atoms in total. The lowest BCUT2D eigenvalue weighted by molar-refractivity contribution is 0.0827. The first-order valence-corrected chi connectivity index (χ1v) is 10.7. The number of nitrogens with one attached hydrogen (secondary N) is 2. The van der Waals surface area contributed by atoms with Gasteiger partial charge >= 0.3 is 0 Å². The highest BCUT2D eigenvalue weighted by Gasteiger charge is 2.22. The Hall–Kier alpha value is -2.91. The minimum atomic E-state index is -3.70. The zero-order valence-corrected chi connectivity index (χ0v) is 18.8. The third-order valence-electron chi connectivity index (χ3n) is 3.97. The molecule has 162 valence electrons. The van der Waals surface area contributed by atoms with Crippen LogP contribution in [0.3, 0.4) is 0 Å². The van der Waals surface area contributed by atoms with E-state index in [-0.39, 0.29) is 16.4 Å². The SMILES string of the molecule is COc1ccc(C(=O)N(C)C)cc1NC(=O)c1ccc(S(=O)(=O)NC(C)(C)C)cc1. The number of hydrogen-bond donors (Lipinski definition) is 2. The van der Waals surface area contributed by atoms with E-state index in [9.17, 15) is 18.0 Å². The van der Waals surface area contributed by atoms with Crippen molar-refractivity contribution in [2.75, 3.05) is 26.5 Å². The first kappa shape index (κ1) is 23.4. The summed E-state index contributed by atoms with van der Waals surface area (Å²) in [6.45, 7) is 5.23. The average molecular weight is 434 g/mol. The predicted molar refractivity (Wildman–Crippen MR) is 115 cm³/mol. The van der Waals surface area contributed by atoms with Crippen molar-refractivity contribution in [1.29, 1.82) is 0 Å². The quantitative estimate of drug-likeness (QED) is 0.729. The molecule has 30 heavy (non-hydrogen) atoms. The van der Waals surface area contributed by atoms with E-state index in [2.05, 4.69) is 10.0 Å². The molecule has 0 heterocycles. The highest BCUT2D eigenvalue weighted by atomic mass is 32.2. The molecule has 2 aromatic rings. The molecule has 0 saturated carbocycles. The molecule has 0 atom stereocenters. The van der Waals surface area contributed by atoms with E-state index in [1.807, 2.05) is 0 Å². The smallest absolute Gasteiger partial charge is 0.255 e. The number of carbonyl (C=O) groups excluding carboxylic acids is 2. The Morgan fingerprint density at radius 2 is 1.53 bits per heavy atom. The van der Waals surface area contributed by atoms with Crippen LogP contribution in [0.4, 0.5) is 5.69 Å². The number of benzene rings is 2. The number of carbonyl (C=O) groups is 2. The van der Waals surface area contributed by atoms with E-state index < -0.39 is 21.5 Å². The number of ether oxygens (including phenoxy) is 1. The topological polar surface area (TPSA) is 105 Å². The normalized spacial score (nSPS) is 11.7. The van der Waals surface area contributed by atoms with Crippen LogP contribution in [0.1, 0.15) is 41.5 Å². The lowest BCUT2D eigenvalue weighted by Crippen LogP contribution is -2.40. The van der Waals surface area contributed by atoms with E-state index in [0.29, 0.717) is 17.0 Å². The van der Waals surface area contributed by atoms with Gasteiger partial charge in [0.05, 0.1) is 17.7 Å². The van der Waals surface area contributed by atoms with Gasteiger partial charge in [0.15, 0.2) is 0 Å². The Morgan fingerprint density at radius 1 is 0.967 bits per heavy atom. The number of anilines is 1. The van der Waals surface area contributed by atoms with Crippen LogP contribution in [0.2, 0.25) is 0 Å². The molecule has 0 unspecified atom stereocenters. The summed E-state index contributed by atoms with van der Waals surface area (Å²) in [7, 11) is 1.03. The van der Waals surface area contributed by atoms with Gasteiger partial charge in [-0.1, -0.05) is 0 Å². The lowest BCUT2D eigenvalue weighted by Gasteiger charge is -2.20. The monoisotopic (exact) mass is 433 g/mol. The molecule has 0 aliphatic heterocycles. The van der Waals surface area contributed by atoms with Crippen molar-refractivity contribution < 1.29 is 22.7 Å². The zero-order chi connectivity index (χ0) is 22.7. The lowest BCUT2D eigenvalue weighted by atomic mass is 10.1. The van der Waals surface area contributed by atoms with Crippen LogP contribution in [0.25, 0.3) is 0 Å². The number of sulfonamides is 1. The molecule has 0 bridgehead atoms. The first-order valence-electron chi connectivity index (χ1n) is 9.19. The van der Waals surface area contributed by atoms with Crippen LogP contribution in [-0.2, 0) is 10.0 Å². The van der Waals surface area contributed by atoms with Crippen molar-refractivity contribution in [3.05, 3.63) is 53.6 Å². The molecule has 2 N–H and O–H groups in total. The molecule has 0 saturated heterocycles. The maximum atomic E-state index is 12.7. The van der Waals surface area contributed by atoms with Gasteiger partial charge in [0.25, 0.3) is 11.8 Å². The summed E-state index contributed by atoms with van der Waals surface area (Å²) in [4.78, 5) is 26.3. The minimum Gasteiger partial charge on any atom is -0.495 e. The Morgan fingerprint density at radius 3 is 2.03 bits per heavy atom. The second-order valence-electron chi connectivity index (χ2n) is 7.95. The molecule has 0 fully saturated rings. The number of rotatable bonds is 6. The van der Waals surface area contributed by atoms with Crippen molar-refractivity contribution in [2.45, 2.75) is 31.2 Å². The molecule has 2 aromatic carbocycles. The van der Waals surface area contributed by atoms with Crippen molar-refractivity contribution in [3.8, 4) is 5.75 Å². The molecule has 0 aromatic heterocycles. The van der Waals surface area contributed by atoms with E-state index in [1.165, 1.54) is 42.3 Å². The fourth-order valence-electron chi connectivity index (χ4n) is 2.64. The third-order valence-corrected chi connectivity index (χ3v) is 5.74. The van der Waals surface area contributed by atoms with Gasteiger partial charge in [-0.2, -0.15) is 0 Å². The van der Waals surface area contributed by atoms with Crippen LogP contribution in [0.15, 0.2) is 47.4 Å². The standard InChI is InChI=1S/C21H27N3O5S/c1-21(2,3)23-30(27,28)16-10-7-14(8-11-16)19(25)22-17-13-15(20(26)24(4)5)9-12-18(17)29-6/h7-13,23H,1-6H3,(H,22,25). The van der Waals surface area contributed by atoms with Gasteiger partial charge in [0.2, 0.25) is 10.0 Å². The molecule has 2 rings (SSSR count). The first-order chi connectivity index (χ1) is 13.8. The molecule has 2 amide bonds. The minimum absolute atomic E-state index is 0.0603. The van der Waals surface area contributed by atoms with Gasteiger partial charge < -0.3 is 15.0 Å². The Balaban J connectivity index is 2.26. The predicted octanol–water partition coefficient (Wildman–Crippen LogP) is 2.73. The molecule has 0 spiro atoms. The second-order valence-corrected chi connectivity index (χ2v) is 9.63. The molecule has 0 aliphatic carbocycles. The molecular weight excluding hydrogens is 406 g/mol. The van der Waals surface area contributed by atoms with Crippen molar-refractivity contribution >= 4 is 27.5 Å². The second kappa shape index (κ2) is 8.85. The van der Waals surface area contributed by atoms with E-state index in [1.54, 1.807) is 47.0 Å². The zero-order valence-electron chi connectivity index (χ0n) is 17.9. The summed E-state index contributed by atoms with van der Waals surface area (Å²) in [5.74, 6) is -0.281. The maximum absolute atomic E-state index is 12.7. The van der Waals surface area contributed by atoms with Crippen molar-refractivity contribution in [2.24, 2.45) is 0 Å². The van der Waals surface area contributed by atoms with Gasteiger partial charge in [-0.05, 0) is 63.2 Å². The number of hydrogen-bond acceptors (Lipinski definition) is 5. The van der Waals surface area contributed by atoms with Gasteiger partial charge in [0.1, 0.15) is 5.75 Å².